The summed E-state index contributed by atoms with van der Waals surface area (Å²) in [5.41, 5.74) is 5.52. The van der Waals surface area contributed by atoms with Crippen LogP contribution in [0.2, 0.25) is 0 Å². The second kappa shape index (κ2) is 4.06. The van der Waals surface area contributed by atoms with Crippen molar-refractivity contribution in [3.05, 3.63) is 58.8 Å². The van der Waals surface area contributed by atoms with Crippen LogP contribution in [0, 0.1) is 6.92 Å². The summed E-state index contributed by atoms with van der Waals surface area (Å²) in [6.45, 7) is 8.92. The lowest BCUT2D eigenvalue weighted by Crippen LogP contribution is -2.41. The second-order valence-electron chi connectivity index (χ2n) is 5.12. The first-order valence-corrected chi connectivity index (χ1v) is 6.13. The van der Waals surface area contributed by atoms with E-state index in [-0.39, 0.29) is 5.54 Å². The number of allylic oxidation sites excluding steroid dienone is 2. The van der Waals surface area contributed by atoms with Gasteiger partial charge in [0.25, 0.3) is 0 Å². The number of rotatable bonds is 1. The van der Waals surface area contributed by atoms with Crippen molar-refractivity contribution < 1.29 is 0 Å². The van der Waals surface area contributed by atoms with Crippen LogP contribution in [-0.4, -0.2) is 11.9 Å². The molecule has 1 nitrogen and oxygen atoms in total. The molecule has 1 atom stereocenters. The molecule has 1 unspecified atom stereocenters. The fraction of sp³-hybridized carbons (Fsp3) is 0.375. The first-order chi connectivity index (χ1) is 7.98. The SMILES string of the molecule is CC1=C(C)C(C)(c2ccccc2C)N(C)C=C1. The summed E-state index contributed by atoms with van der Waals surface area (Å²) in [4.78, 5) is 2.30. The summed E-state index contributed by atoms with van der Waals surface area (Å²) < 4.78 is 0. The average Bonchev–Trinajstić information content (AvgIpc) is 2.32. The highest BCUT2D eigenvalue weighted by molar-refractivity contribution is 5.45. The molecule has 0 saturated carbocycles. The maximum atomic E-state index is 2.30. The molecule has 1 aromatic carbocycles. The summed E-state index contributed by atoms with van der Waals surface area (Å²) in [6.07, 6.45) is 4.37. The molecule has 0 aromatic heterocycles. The molecule has 0 amide bonds. The normalized spacial score (nSPS) is 24.4. The highest BCUT2D eigenvalue weighted by Crippen LogP contribution is 2.40. The van der Waals surface area contributed by atoms with Gasteiger partial charge in [-0.3, -0.25) is 0 Å². The van der Waals surface area contributed by atoms with Gasteiger partial charge in [-0.25, -0.2) is 0 Å². The number of aryl methyl sites for hydroxylation is 1. The molecule has 0 radical (unpaired) electrons. The molecule has 0 aliphatic carbocycles. The Morgan fingerprint density at radius 3 is 2.35 bits per heavy atom. The molecule has 1 heterocycles. The molecular weight excluding hydrogens is 206 g/mol. The van der Waals surface area contributed by atoms with Gasteiger partial charge >= 0.3 is 0 Å². The van der Waals surface area contributed by atoms with E-state index >= 15 is 0 Å². The van der Waals surface area contributed by atoms with Crippen LogP contribution in [0.5, 0.6) is 0 Å². The zero-order valence-corrected chi connectivity index (χ0v) is 11.4. The van der Waals surface area contributed by atoms with E-state index in [1.807, 2.05) is 0 Å². The molecule has 1 aliphatic rings. The molecular formula is C16H21N. The van der Waals surface area contributed by atoms with Crippen molar-refractivity contribution >= 4 is 0 Å². The van der Waals surface area contributed by atoms with Crippen molar-refractivity contribution in [2.45, 2.75) is 33.2 Å². The summed E-state index contributed by atoms with van der Waals surface area (Å²) in [6, 6.07) is 8.66. The second-order valence-corrected chi connectivity index (χ2v) is 5.12. The Hall–Kier alpha value is -1.50. The topological polar surface area (TPSA) is 3.24 Å². The Bertz CT molecular complexity index is 496. The van der Waals surface area contributed by atoms with Gasteiger partial charge in [0.1, 0.15) is 0 Å². The summed E-state index contributed by atoms with van der Waals surface area (Å²) >= 11 is 0. The third-order valence-corrected chi connectivity index (χ3v) is 4.24. The molecule has 90 valence electrons. The van der Waals surface area contributed by atoms with Gasteiger partial charge in [0.05, 0.1) is 5.54 Å². The number of hydrogen-bond acceptors (Lipinski definition) is 1. The minimum Gasteiger partial charge on any atom is -0.367 e. The monoisotopic (exact) mass is 227 g/mol. The van der Waals surface area contributed by atoms with Crippen molar-refractivity contribution in [2.24, 2.45) is 0 Å². The Balaban J connectivity index is 2.64. The summed E-state index contributed by atoms with van der Waals surface area (Å²) in [5.74, 6) is 0. The zero-order valence-electron chi connectivity index (χ0n) is 11.4. The first kappa shape index (κ1) is 12.0. The highest BCUT2D eigenvalue weighted by atomic mass is 15.2. The van der Waals surface area contributed by atoms with Crippen molar-refractivity contribution in [3.8, 4) is 0 Å². The van der Waals surface area contributed by atoms with E-state index in [1.165, 1.54) is 22.3 Å². The minimum absolute atomic E-state index is 0.0236. The van der Waals surface area contributed by atoms with E-state index in [0.29, 0.717) is 0 Å². The number of likely N-dealkylation sites (N-methyl/N-ethyl adjacent to an activating group) is 1. The van der Waals surface area contributed by atoms with Gasteiger partial charge in [-0.1, -0.05) is 24.3 Å². The maximum absolute atomic E-state index is 2.30. The molecule has 0 fully saturated rings. The highest BCUT2D eigenvalue weighted by Gasteiger charge is 2.35. The Kier molecular flexibility index (Phi) is 2.86. The van der Waals surface area contributed by atoms with Crippen LogP contribution in [0.1, 0.15) is 31.9 Å². The van der Waals surface area contributed by atoms with E-state index in [9.17, 15) is 0 Å². The lowest BCUT2D eigenvalue weighted by Gasteiger charge is -2.43. The van der Waals surface area contributed by atoms with Crippen LogP contribution in [-0.2, 0) is 5.54 Å². The van der Waals surface area contributed by atoms with Crippen LogP contribution in [0.25, 0.3) is 0 Å². The largest absolute Gasteiger partial charge is 0.367 e. The van der Waals surface area contributed by atoms with Crippen LogP contribution in [0.3, 0.4) is 0 Å². The fourth-order valence-electron chi connectivity index (χ4n) is 2.66. The van der Waals surface area contributed by atoms with Crippen molar-refractivity contribution in [2.75, 3.05) is 7.05 Å². The minimum atomic E-state index is -0.0236. The van der Waals surface area contributed by atoms with Crippen molar-refractivity contribution in [1.29, 1.82) is 0 Å². The van der Waals surface area contributed by atoms with Crippen LogP contribution >= 0.6 is 0 Å². The predicted molar refractivity (Wildman–Crippen MR) is 73.8 cm³/mol. The first-order valence-electron chi connectivity index (χ1n) is 6.13. The Morgan fingerprint density at radius 2 is 1.71 bits per heavy atom. The van der Waals surface area contributed by atoms with Gasteiger partial charge in [0, 0.05) is 13.2 Å². The summed E-state index contributed by atoms with van der Waals surface area (Å²) in [7, 11) is 2.15. The molecule has 1 heteroatoms. The van der Waals surface area contributed by atoms with Gasteiger partial charge in [0.2, 0.25) is 0 Å². The summed E-state index contributed by atoms with van der Waals surface area (Å²) in [5, 5.41) is 0. The van der Waals surface area contributed by atoms with Gasteiger partial charge in [-0.05, 0) is 56.0 Å². The van der Waals surface area contributed by atoms with Gasteiger partial charge in [-0.15, -0.1) is 0 Å². The van der Waals surface area contributed by atoms with E-state index < -0.39 is 0 Å². The van der Waals surface area contributed by atoms with Crippen LogP contribution < -0.4 is 0 Å². The number of hydrogen-bond donors (Lipinski definition) is 0. The van der Waals surface area contributed by atoms with E-state index in [1.54, 1.807) is 0 Å². The Morgan fingerprint density at radius 1 is 1.06 bits per heavy atom. The van der Waals surface area contributed by atoms with Gasteiger partial charge in [0.15, 0.2) is 0 Å². The molecule has 17 heavy (non-hydrogen) atoms. The molecule has 0 spiro atoms. The lowest BCUT2D eigenvalue weighted by molar-refractivity contribution is 0.241. The van der Waals surface area contributed by atoms with Gasteiger partial charge in [-0.2, -0.15) is 0 Å². The van der Waals surface area contributed by atoms with Crippen molar-refractivity contribution in [3.63, 3.8) is 0 Å². The lowest BCUT2D eigenvalue weighted by atomic mass is 9.78. The molecule has 0 N–H and O–H groups in total. The maximum Gasteiger partial charge on any atom is 0.0834 e. The molecule has 1 aromatic rings. The van der Waals surface area contributed by atoms with E-state index in [0.717, 1.165) is 0 Å². The average molecular weight is 227 g/mol. The number of nitrogens with zero attached hydrogens (tertiary/aromatic N) is 1. The van der Waals surface area contributed by atoms with Crippen LogP contribution in [0.4, 0.5) is 0 Å². The third-order valence-electron chi connectivity index (χ3n) is 4.24. The standard InChI is InChI=1S/C16H21N/c1-12-10-11-17(5)16(4,14(12)3)15-9-7-6-8-13(15)2/h6-11H,1-5H3. The zero-order chi connectivity index (χ0) is 12.6. The molecule has 1 aliphatic heterocycles. The van der Waals surface area contributed by atoms with E-state index in [4.69, 9.17) is 0 Å². The fourth-order valence-corrected chi connectivity index (χ4v) is 2.66. The predicted octanol–water partition coefficient (Wildman–Crippen LogP) is 4.01. The van der Waals surface area contributed by atoms with E-state index in [2.05, 4.69) is 76.2 Å². The molecule has 2 rings (SSSR count). The smallest absolute Gasteiger partial charge is 0.0834 e. The molecule has 0 saturated heterocycles. The Labute approximate surface area is 104 Å². The quantitative estimate of drug-likeness (QED) is 0.700. The third kappa shape index (κ3) is 1.70. The van der Waals surface area contributed by atoms with Crippen molar-refractivity contribution in [1.82, 2.24) is 4.90 Å². The van der Waals surface area contributed by atoms with Crippen LogP contribution in [0.15, 0.2) is 47.7 Å². The molecule has 0 bridgehead atoms. The van der Waals surface area contributed by atoms with Gasteiger partial charge < -0.3 is 4.90 Å². The number of benzene rings is 1.